The van der Waals surface area contributed by atoms with Gasteiger partial charge >= 0.3 is 5.97 Å². The van der Waals surface area contributed by atoms with Crippen LogP contribution in [-0.4, -0.2) is 35.7 Å². The molecule has 0 saturated heterocycles. The first-order chi connectivity index (χ1) is 6.18. The Hall–Kier alpha value is 0.0900. The topological polar surface area (TPSA) is 89.3 Å². The molecular weight excluding hydrogens is 208 g/mol. The second-order valence-corrected chi connectivity index (χ2v) is 4.67. The van der Waals surface area contributed by atoms with Crippen molar-refractivity contribution in [2.45, 2.75) is 13.3 Å². The molecule has 0 atom stereocenters. The minimum absolute atomic E-state index is 0.222. The summed E-state index contributed by atoms with van der Waals surface area (Å²) < 4.78 is 0. The molecule has 0 aromatic heterocycles. The van der Waals surface area contributed by atoms with Gasteiger partial charge in [-0.2, -0.15) is 0 Å². The zero-order valence-electron chi connectivity index (χ0n) is 7.86. The van der Waals surface area contributed by atoms with Crippen molar-refractivity contribution in [3.05, 3.63) is 0 Å². The number of rotatable bonds is 6. The summed E-state index contributed by atoms with van der Waals surface area (Å²) >= 11 is 0. The first-order valence-electron chi connectivity index (χ1n) is 4.05. The van der Waals surface area contributed by atoms with Gasteiger partial charge in [0.25, 0.3) is 0 Å². The van der Waals surface area contributed by atoms with Gasteiger partial charge in [-0.25, -0.2) is 0 Å². The number of carbonyl (C=O) groups is 1. The zero-order valence-corrected chi connectivity index (χ0v) is 9.50. The Labute approximate surface area is 87.2 Å². The van der Waals surface area contributed by atoms with Crippen molar-refractivity contribution in [2.75, 3.05) is 24.6 Å². The van der Waals surface area contributed by atoms with E-state index < -0.39 is 5.97 Å². The van der Waals surface area contributed by atoms with Crippen molar-refractivity contribution in [3.63, 3.8) is 0 Å². The molecule has 0 unspecified atom stereocenters. The molecule has 0 heterocycles. The van der Waals surface area contributed by atoms with E-state index >= 15 is 0 Å². The van der Waals surface area contributed by atoms with Gasteiger partial charge in [0.05, 0.1) is 0 Å². The summed E-state index contributed by atoms with van der Waals surface area (Å²) in [4.78, 5) is 9.37. The maximum absolute atomic E-state index is 9.37. The fraction of sp³-hybridized carbons (Fsp3) is 0.857. The molecule has 0 aromatic carbocycles. The highest BCUT2D eigenvalue weighted by Gasteiger charge is 1.84. The average Bonchev–Trinajstić information content (AvgIpc) is 2.14. The first kappa shape index (κ1) is 15.6. The summed E-state index contributed by atoms with van der Waals surface area (Å²) in [5, 5.41) is 7.72. The van der Waals surface area contributed by atoms with Crippen molar-refractivity contribution in [3.8, 4) is 0 Å². The van der Waals surface area contributed by atoms with Gasteiger partial charge in [-0.1, -0.05) is 28.5 Å². The van der Waals surface area contributed by atoms with E-state index in [1.54, 1.807) is 28.5 Å². The lowest BCUT2D eigenvalue weighted by atomic mass is 10.5. The third-order valence-corrected chi connectivity index (χ3v) is 3.26. The zero-order chi connectivity index (χ0) is 10.5. The van der Waals surface area contributed by atoms with Gasteiger partial charge in [0, 0.05) is 31.0 Å². The summed E-state index contributed by atoms with van der Waals surface area (Å²) in [6, 6.07) is 0. The molecule has 0 saturated carbocycles. The summed E-state index contributed by atoms with van der Waals surface area (Å²) in [7, 11) is 3.58. The molecule has 0 rings (SSSR count). The lowest BCUT2D eigenvalue weighted by Gasteiger charge is -1.93. The van der Waals surface area contributed by atoms with Crippen LogP contribution in [0, 0.1) is 0 Å². The first-order valence-corrected chi connectivity index (χ1v) is 6.54. The predicted octanol–water partition coefficient (Wildman–Crippen LogP) is 0.766. The maximum Gasteiger partial charge on any atom is 0.303 e. The van der Waals surface area contributed by atoms with Crippen LogP contribution < -0.4 is 11.5 Å². The van der Waals surface area contributed by atoms with E-state index in [4.69, 9.17) is 16.6 Å². The molecule has 80 valence electrons. The molecule has 0 aliphatic carbocycles. The molecule has 0 bridgehead atoms. The predicted molar refractivity (Wildman–Crippen MR) is 61.0 cm³/mol. The molecular formula is C7H18N2O2S2. The summed E-state index contributed by atoms with van der Waals surface area (Å²) in [5.74, 6) is 1.32. The van der Waals surface area contributed by atoms with E-state index in [2.05, 4.69) is 0 Å². The van der Waals surface area contributed by atoms with Crippen molar-refractivity contribution in [2.24, 2.45) is 11.5 Å². The maximum atomic E-state index is 9.37. The Balaban J connectivity index is 0. The van der Waals surface area contributed by atoms with Gasteiger partial charge in [0.1, 0.15) is 0 Å². The summed E-state index contributed by atoms with van der Waals surface area (Å²) in [5.41, 5.74) is 10.5. The molecule has 0 fully saturated rings. The molecule has 5 N–H and O–H groups in total. The minimum atomic E-state index is -0.745. The van der Waals surface area contributed by atoms with Crippen LogP contribution in [0.25, 0.3) is 0 Å². The number of aliphatic carboxylic acids is 1. The quantitative estimate of drug-likeness (QED) is 0.458. The molecule has 0 aliphatic heterocycles. The monoisotopic (exact) mass is 226 g/mol. The Morgan fingerprint density at radius 2 is 1.54 bits per heavy atom. The normalized spacial score (nSPS) is 8.85. The van der Waals surface area contributed by atoms with Crippen LogP contribution in [-0.2, 0) is 4.79 Å². The third-order valence-electron chi connectivity index (χ3n) is 0.788. The van der Waals surface area contributed by atoms with Crippen LogP contribution in [0.2, 0.25) is 0 Å². The molecule has 6 heteroatoms. The molecule has 0 aliphatic rings. The Kier molecular flexibility index (Phi) is 17.5. The van der Waals surface area contributed by atoms with Gasteiger partial charge < -0.3 is 16.6 Å². The van der Waals surface area contributed by atoms with Crippen molar-refractivity contribution in [1.82, 2.24) is 0 Å². The van der Waals surface area contributed by atoms with E-state index in [0.717, 1.165) is 24.6 Å². The Bertz CT molecular complexity index is 109. The molecule has 0 aromatic rings. The van der Waals surface area contributed by atoms with E-state index in [1.807, 2.05) is 0 Å². The van der Waals surface area contributed by atoms with Gasteiger partial charge in [-0.3, -0.25) is 4.79 Å². The van der Waals surface area contributed by atoms with E-state index in [9.17, 15) is 4.79 Å². The van der Waals surface area contributed by atoms with Crippen molar-refractivity contribution in [1.29, 1.82) is 0 Å². The van der Waals surface area contributed by atoms with Crippen LogP contribution in [0.5, 0.6) is 0 Å². The smallest absolute Gasteiger partial charge is 0.303 e. The second kappa shape index (κ2) is 14.6. The van der Waals surface area contributed by atoms with Crippen LogP contribution in [0.15, 0.2) is 0 Å². The van der Waals surface area contributed by atoms with Crippen LogP contribution in [0.4, 0.5) is 0 Å². The SMILES string of the molecule is CCC(=O)O.NCCSSCCN. The van der Waals surface area contributed by atoms with E-state index in [0.29, 0.717) is 0 Å². The summed E-state index contributed by atoms with van der Waals surface area (Å²) in [6.45, 7) is 3.13. The van der Waals surface area contributed by atoms with E-state index in [1.165, 1.54) is 0 Å². The largest absolute Gasteiger partial charge is 0.481 e. The van der Waals surface area contributed by atoms with Crippen molar-refractivity contribution < 1.29 is 9.90 Å². The van der Waals surface area contributed by atoms with Gasteiger partial charge in [0.2, 0.25) is 0 Å². The van der Waals surface area contributed by atoms with Gasteiger partial charge in [0.15, 0.2) is 0 Å². The molecule has 13 heavy (non-hydrogen) atoms. The number of hydrogen-bond acceptors (Lipinski definition) is 5. The second-order valence-electron chi connectivity index (χ2n) is 1.97. The number of nitrogens with two attached hydrogens (primary N) is 2. The highest BCUT2D eigenvalue weighted by Crippen LogP contribution is 2.18. The van der Waals surface area contributed by atoms with Gasteiger partial charge in [-0.05, 0) is 0 Å². The van der Waals surface area contributed by atoms with Crippen LogP contribution >= 0.6 is 21.6 Å². The molecule has 4 nitrogen and oxygen atoms in total. The van der Waals surface area contributed by atoms with Gasteiger partial charge in [-0.15, -0.1) is 0 Å². The Morgan fingerprint density at radius 1 is 1.23 bits per heavy atom. The summed E-state index contributed by atoms with van der Waals surface area (Å²) in [6.07, 6.45) is 0.222. The highest BCUT2D eigenvalue weighted by molar-refractivity contribution is 8.76. The van der Waals surface area contributed by atoms with Crippen molar-refractivity contribution >= 4 is 27.6 Å². The lowest BCUT2D eigenvalue weighted by Crippen LogP contribution is -2.02. The Morgan fingerprint density at radius 3 is 1.69 bits per heavy atom. The number of carboxylic acid groups (broad SMARTS) is 1. The molecule has 0 spiro atoms. The number of hydrogen-bond donors (Lipinski definition) is 3. The minimum Gasteiger partial charge on any atom is -0.481 e. The fourth-order valence-corrected chi connectivity index (χ4v) is 1.93. The number of carboxylic acids is 1. The fourth-order valence-electron chi connectivity index (χ4n) is 0.214. The standard InChI is InChI=1S/C4H12N2S2.C3H6O2/c5-1-3-7-8-4-2-6;1-2-3(4)5/h1-6H2;2H2,1H3,(H,4,5). The molecule has 0 radical (unpaired) electrons. The molecule has 0 amide bonds. The van der Waals surface area contributed by atoms with Crippen LogP contribution in [0.3, 0.4) is 0 Å². The average molecular weight is 226 g/mol. The third kappa shape index (κ3) is 24.5. The van der Waals surface area contributed by atoms with E-state index in [-0.39, 0.29) is 6.42 Å². The van der Waals surface area contributed by atoms with Crippen LogP contribution in [0.1, 0.15) is 13.3 Å². The lowest BCUT2D eigenvalue weighted by molar-refractivity contribution is -0.136. The highest BCUT2D eigenvalue weighted by atomic mass is 33.1.